The third-order valence-corrected chi connectivity index (χ3v) is 2.99. The van der Waals surface area contributed by atoms with E-state index in [1.807, 2.05) is 38.1 Å². The highest BCUT2D eigenvalue weighted by Gasteiger charge is 2.16. The normalized spacial score (nSPS) is 13.3. The van der Waals surface area contributed by atoms with E-state index >= 15 is 0 Å². The van der Waals surface area contributed by atoms with E-state index in [1.165, 1.54) is 0 Å². The van der Waals surface area contributed by atoms with Crippen LogP contribution in [-0.4, -0.2) is 9.46 Å². The summed E-state index contributed by atoms with van der Waals surface area (Å²) >= 11 is 0. The molecule has 0 bridgehead atoms. The summed E-state index contributed by atoms with van der Waals surface area (Å²) in [5, 5.41) is 0. The van der Waals surface area contributed by atoms with E-state index in [9.17, 15) is 8.22 Å². The van der Waals surface area contributed by atoms with Crippen molar-refractivity contribution in [2.45, 2.75) is 25.8 Å². The lowest BCUT2D eigenvalue weighted by atomic mass is 10.0. The van der Waals surface area contributed by atoms with Crippen molar-refractivity contribution < 1.29 is 8.22 Å². The van der Waals surface area contributed by atoms with Gasteiger partial charge in [0.2, 0.25) is 0 Å². The second-order valence-electron chi connectivity index (χ2n) is 3.36. The molecule has 1 atom stereocenters. The molecule has 0 aliphatic rings. The summed E-state index contributed by atoms with van der Waals surface area (Å²) in [5.41, 5.74) is 2.16. The second kappa shape index (κ2) is 4.51. The number of halogens is 2. The molecule has 0 heterocycles. The van der Waals surface area contributed by atoms with Gasteiger partial charge >= 0.3 is 9.46 Å². The molecule has 71 valence electrons. The lowest BCUT2D eigenvalue weighted by Gasteiger charge is -2.10. The fourth-order valence-electron chi connectivity index (χ4n) is 1.33. The van der Waals surface area contributed by atoms with Gasteiger partial charge in [-0.25, -0.2) is 0 Å². The monoisotopic (exact) mass is 199 g/mol. The predicted octanol–water partition coefficient (Wildman–Crippen LogP) is 3.53. The third-order valence-electron chi connectivity index (χ3n) is 2.07. The minimum Gasteiger partial charge on any atom is -0.268 e. The minimum absolute atomic E-state index is 0.0104. The molecule has 0 N–H and O–H groups in total. The standard InChI is InChI=1S/C10H13F2Si/c1-8-4-3-5-10(6-8)9(2)7-13(11)12/h3-6,9H,7H2,1-2H3. The van der Waals surface area contributed by atoms with Crippen LogP contribution in [0, 0.1) is 6.92 Å². The van der Waals surface area contributed by atoms with Gasteiger partial charge in [-0.2, -0.15) is 0 Å². The van der Waals surface area contributed by atoms with E-state index in [2.05, 4.69) is 0 Å². The van der Waals surface area contributed by atoms with Crippen molar-refractivity contribution in [1.29, 1.82) is 0 Å². The molecule has 1 aromatic rings. The number of rotatable bonds is 3. The highest BCUT2D eigenvalue weighted by Crippen LogP contribution is 2.22. The fraction of sp³-hybridized carbons (Fsp3) is 0.400. The molecule has 3 heteroatoms. The van der Waals surface area contributed by atoms with Crippen LogP contribution in [0.3, 0.4) is 0 Å². The first-order valence-corrected chi connectivity index (χ1v) is 5.79. The molecule has 1 unspecified atom stereocenters. The number of benzene rings is 1. The average Bonchev–Trinajstić information content (AvgIpc) is 2.03. The van der Waals surface area contributed by atoms with E-state index in [-0.39, 0.29) is 12.0 Å². The van der Waals surface area contributed by atoms with Crippen molar-refractivity contribution >= 4 is 9.46 Å². The summed E-state index contributed by atoms with van der Waals surface area (Å²) in [7, 11) is -3.09. The molecule has 0 amide bonds. The van der Waals surface area contributed by atoms with Crippen LogP contribution >= 0.6 is 0 Å². The largest absolute Gasteiger partial charge is 0.477 e. The van der Waals surface area contributed by atoms with Crippen LogP contribution in [0.5, 0.6) is 0 Å². The van der Waals surface area contributed by atoms with Gasteiger partial charge in [0.1, 0.15) is 0 Å². The topological polar surface area (TPSA) is 0 Å². The molecule has 0 saturated heterocycles. The highest BCUT2D eigenvalue weighted by molar-refractivity contribution is 6.42. The maximum Gasteiger partial charge on any atom is 0.477 e. The van der Waals surface area contributed by atoms with Gasteiger partial charge in [-0.3, -0.25) is 8.22 Å². The second-order valence-corrected chi connectivity index (χ2v) is 4.44. The average molecular weight is 199 g/mol. The summed E-state index contributed by atoms with van der Waals surface area (Å²) in [6, 6.07) is 7.85. The Hall–Kier alpha value is -0.703. The quantitative estimate of drug-likeness (QED) is 0.516. The summed E-state index contributed by atoms with van der Waals surface area (Å²) in [5.74, 6) is -0.0104. The van der Waals surface area contributed by atoms with E-state index in [0.29, 0.717) is 0 Å². The Morgan fingerprint density at radius 3 is 2.62 bits per heavy atom. The van der Waals surface area contributed by atoms with Crippen molar-refractivity contribution in [3.8, 4) is 0 Å². The van der Waals surface area contributed by atoms with Crippen LogP contribution in [0.2, 0.25) is 6.04 Å². The first-order valence-electron chi connectivity index (χ1n) is 4.33. The Labute approximate surface area is 79.5 Å². The Balaban J connectivity index is 2.71. The van der Waals surface area contributed by atoms with E-state index in [4.69, 9.17) is 0 Å². The van der Waals surface area contributed by atoms with Crippen molar-refractivity contribution in [2.75, 3.05) is 0 Å². The Bertz CT molecular complexity index is 273. The van der Waals surface area contributed by atoms with Crippen molar-refractivity contribution in [2.24, 2.45) is 0 Å². The number of hydrogen-bond acceptors (Lipinski definition) is 0. The third kappa shape index (κ3) is 3.26. The lowest BCUT2D eigenvalue weighted by Crippen LogP contribution is -2.03. The molecule has 0 nitrogen and oxygen atoms in total. The zero-order valence-electron chi connectivity index (χ0n) is 7.85. The molecule has 13 heavy (non-hydrogen) atoms. The van der Waals surface area contributed by atoms with Crippen LogP contribution < -0.4 is 0 Å². The van der Waals surface area contributed by atoms with Gasteiger partial charge in [-0.05, 0) is 18.4 Å². The molecule has 1 radical (unpaired) electrons. The van der Waals surface area contributed by atoms with Gasteiger partial charge in [-0.1, -0.05) is 36.8 Å². The summed E-state index contributed by atoms with van der Waals surface area (Å²) in [4.78, 5) is 0. The van der Waals surface area contributed by atoms with Gasteiger partial charge in [-0.15, -0.1) is 0 Å². The van der Waals surface area contributed by atoms with Crippen molar-refractivity contribution in [1.82, 2.24) is 0 Å². The lowest BCUT2D eigenvalue weighted by molar-refractivity contribution is 0.630. The number of hydrogen-bond donors (Lipinski definition) is 0. The fourth-order valence-corrected chi connectivity index (χ4v) is 2.02. The van der Waals surface area contributed by atoms with Crippen LogP contribution in [0.4, 0.5) is 8.22 Å². The Kier molecular flexibility index (Phi) is 3.60. The molecule has 1 aromatic carbocycles. The molecular formula is C10H13F2Si. The minimum atomic E-state index is -3.09. The molecule has 0 spiro atoms. The number of aryl methyl sites for hydroxylation is 1. The van der Waals surface area contributed by atoms with E-state index < -0.39 is 9.46 Å². The van der Waals surface area contributed by atoms with Crippen LogP contribution in [0.25, 0.3) is 0 Å². The van der Waals surface area contributed by atoms with E-state index in [1.54, 1.807) is 0 Å². The van der Waals surface area contributed by atoms with E-state index in [0.717, 1.165) is 11.1 Å². The van der Waals surface area contributed by atoms with Crippen LogP contribution in [0.1, 0.15) is 24.0 Å². The Morgan fingerprint density at radius 1 is 1.38 bits per heavy atom. The van der Waals surface area contributed by atoms with Crippen LogP contribution in [-0.2, 0) is 0 Å². The molecule has 0 aliphatic heterocycles. The molecule has 1 rings (SSSR count). The SMILES string of the molecule is Cc1cccc(C(C)C[Si](F)F)c1. The molecule has 0 saturated carbocycles. The maximum absolute atomic E-state index is 12.2. The van der Waals surface area contributed by atoms with Crippen molar-refractivity contribution in [3.63, 3.8) is 0 Å². The van der Waals surface area contributed by atoms with Gasteiger partial charge in [0, 0.05) is 6.04 Å². The summed E-state index contributed by atoms with van der Waals surface area (Å²) in [6.45, 7) is 3.84. The molecule has 0 fully saturated rings. The smallest absolute Gasteiger partial charge is 0.268 e. The Morgan fingerprint density at radius 2 is 2.08 bits per heavy atom. The predicted molar refractivity (Wildman–Crippen MR) is 52.4 cm³/mol. The molecule has 0 aromatic heterocycles. The van der Waals surface area contributed by atoms with Gasteiger partial charge in [0.05, 0.1) is 0 Å². The van der Waals surface area contributed by atoms with Gasteiger partial charge < -0.3 is 0 Å². The van der Waals surface area contributed by atoms with Gasteiger partial charge in [0.25, 0.3) is 0 Å². The van der Waals surface area contributed by atoms with Crippen LogP contribution in [0.15, 0.2) is 24.3 Å². The highest BCUT2D eigenvalue weighted by atomic mass is 28.4. The zero-order valence-corrected chi connectivity index (χ0v) is 8.85. The summed E-state index contributed by atoms with van der Waals surface area (Å²) in [6.07, 6.45) is 0. The maximum atomic E-state index is 12.2. The van der Waals surface area contributed by atoms with Gasteiger partial charge in [0.15, 0.2) is 0 Å². The zero-order chi connectivity index (χ0) is 9.84. The first kappa shape index (κ1) is 10.4. The molecular weight excluding hydrogens is 186 g/mol. The first-order chi connectivity index (χ1) is 6.09. The molecule has 0 aliphatic carbocycles. The van der Waals surface area contributed by atoms with Crippen molar-refractivity contribution in [3.05, 3.63) is 35.4 Å². The summed E-state index contributed by atoms with van der Waals surface area (Å²) < 4.78 is 24.3.